The van der Waals surface area contributed by atoms with Crippen molar-refractivity contribution >= 4 is 11.6 Å². The maximum absolute atomic E-state index is 12.0. The van der Waals surface area contributed by atoms with Crippen molar-refractivity contribution < 1.29 is 14.6 Å². The highest BCUT2D eigenvalue weighted by Gasteiger charge is 2.11. The lowest BCUT2D eigenvalue weighted by Gasteiger charge is -2.08. The molecule has 0 saturated carbocycles. The largest absolute Gasteiger partial charge is 0.507 e. The van der Waals surface area contributed by atoms with Crippen molar-refractivity contribution in [3.63, 3.8) is 0 Å². The van der Waals surface area contributed by atoms with Crippen LogP contribution in [0.15, 0.2) is 42.5 Å². The molecule has 2 aromatic rings. The summed E-state index contributed by atoms with van der Waals surface area (Å²) in [6.45, 7) is 0.366. The van der Waals surface area contributed by atoms with Gasteiger partial charge in [0.05, 0.1) is 12.7 Å². The second-order valence-electron chi connectivity index (χ2n) is 4.31. The highest BCUT2D eigenvalue weighted by Crippen LogP contribution is 2.23. The number of anilines is 1. The molecule has 1 amide bonds. The maximum Gasteiger partial charge on any atom is 0.255 e. The van der Waals surface area contributed by atoms with Crippen LogP contribution in [-0.2, 0) is 6.54 Å². The van der Waals surface area contributed by atoms with E-state index in [-0.39, 0.29) is 17.2 Å². The number of phenols is 1. The highest BCUT2D eigenvalue weighted by molar-refractivity contribution is 5.96. The fourth-order valence-electron chi connectivity index (χ4n) is 1.74. The van der Waals surface area contributed by atoms with Gasteiger partial charge in [-0.25, -0.2) is 0 Å². The minimum absolute atomic E-state index is 0.112. The fourth-order valence-corrected chi connectivity index (χ4v) is 1.74. The van der Waals surface area contributed by atoms with Gasteiger partial charge in [0.1, 0.15) is 11.5 Å². The van der Waals surface area contributed by atoms with Crippen LogP contribution in [0, 0.1) is 0 Å². The molecule has 104 valence electrons. The Bertz CT molecular complexity index is 609. The number of phenolic OH excluding ortho intramolecular Hbond substituents is 1. The number of nitrogen functional groups attached to an aromatic ring is 1. The zero-order valence-electron chi connectivity index (χ0n) is 11.1. The van der Waals surface area contributed by atoms with Crippen molar-refractivity contribution in [2.24, 2.45) is 0 Å². The molecule has 0 bridgehead atoms. The van der Waals surface area contributed by atoms with E-state index in [9.17, 15) is 9.90 Å². The lowest BCUT2D eigenvalue weighted by molar-refractivity contribution is 0.0948. The Morgan fingerprint density at radius 2 is 1.95 bits per heavy atom. The Morgan fingerprint density at radius 1 is 1.25 bits per heavy atom. The third-order valence-corrected chi connectivity index (χ3v) is 2.88. The number of nitrogens with one attached hydrogen (secondary N) is 1. The lowest BCUT2D eigenvalue weighted by atomic mass is 10.1. The van der Waals surface area contributed by atoms with E-state index >= 15 is 0 Å². The van der Waals surface area contributed by atoms with Crippen molar-refractivity contribution in [1.82, 2.24) is 5.32 Å². The first-order chi connectivity index (χ1) is 9.60. The Morgan fingerprint density at radius 3 is 2.55 bits per heavy atom. The normalized spacial score (nSPS) is 10.1. The number of rotatable bonds is 4. The number of ether oxygens (including phenoxy) is 1. The van der Waals surface area contributed by atoms with Gasteiger partial charge in [0.25, 0.3) is 5.91 Å². The molecule has 0 radical (unpaired) electrons. The Balaban J connectivity index is 2.03. The minimum Gasteiger partial charge on any atom is -0.507 e. The average molecular weight is 272 g/mol. The summed E-state index contributed by atoms with van der Waals surface area (Å²) in [5, 5.41) is 12.5. The van der Waals surface area contributed by atoms with E-state index in [1.54, 1.807) is 18.2 Å². The topological polar surface area (TPSA) is 84.6 Å². The van der Waals surface area contributed by atoms with Gasteiger partial charge in [0, 0.05) is 18.3 Å². The quantitative estimate of drug-likeness (QED) is 0.742. The van der Waals surface area contributed by atoms with Crippen LogP contribution in [0.2, 0.25) is 0 Å². The standard InChI is InChI=1S/C15H16N2O3/c1-20-12-6-7-13(14(18)8-12)15(19)17-9-10-2-4-11(16)5-3-10/h2-8,18H,9,16H2,1H3,(H,17,19). The van der Waals surface area contributed by atoms with E-state index in [1.165, 1.54) is 19.2 Å². The monoisotopic (exact) mass is 272 g/mol. The zero-order valence-corrected chi connectivity index (χ0v) is 11.1. The van der Waals surface area contributed by atoms with Gasteiger partial charge in [-0.15, -0.1) is 0 Å². The summed E-state index contributed by atoms with van der Waals surface area (Å²) < 4.78 is 4.97. The molecule has 2 rings (SSSR count). The van der Waals surface area contributed by atoms with Gasteiger partial charge in [-0.3, -0.25) is 4.79 Å². The van der Waals surface area contributed by atoms with Gasteiger partial charge in [-0.2, -0.15) is 0 Å². The summed E-state index contributed by atoms with van der Waals surface area (Å²) in [4.78, 5) is 12.0. The summed E-state index contributed by atoms with van der Waals surface area (Å²) in [5.74, 6) is 0.0405. The van der Waals surface area contributed by atoms with Crippen molar-refractivity contribution in [3.05, 3.63) is 53.6 Å². The summed E-state index contributed by atoms with van der Waals surface area (Å²) in [5.41, 5.74) is 7.40. The first-order valence-electron chi connectivity index (χ1n) is 6.10. The van der Waals surface area contributed by atoms with Gasteiger partial charge >= 0.3 is 0 Å². The van der Waals surface area contributed by atoms with Crippen LogP contribution < -0.4 is 15.8 Å². The maximum atomic E-state index is 12.0. The molecular formula is C15H16N2O3. The Hall–Kier alpha value is -2.69. The molecule has 0 atom stereocenters. The number of benzene rings is 2. The minimum atomic E-state index is -0.345. The average Bonchev–Trinajstić information content (AvgIpc) is 2.46. The van der Waals surface area contributed by atoms with Gasteiger partial charge in [-0.1, -0.05) is 12.1 Å². The second kappa shape index (κ2) is 5.97. The summed E-state index contributed by atoms with van der Waals surface area (Å²) in [7, 11) is 1.50. The Labute approximate surface area is 117 Å². The lowest BCUT2D eigenvalue weighted by Crippen LogP contribution is -2.22. The van der Waals surface area contributed by atoms with Gasteiger partial charge < -0.3 is 20.9 Å². The van der Waals surface area contributed by atoms with E-state index < -0.39 is 0 Å². The van der Waals surface area contributed by atoms with E-state index in [0.717, 1.165) is 5.56 Å². The second-order valence-corrected chi connectivity index (χ2v) is 4.31. The number of amides is 1. The van der Waals surface area contributed by atoms with Crippen LogP contribution in [0.5, 0.6) is 11.5 Å². The summed E-state index contributed by atoms with van der Waals surface area (Å²) >= 11 is 0. The molecule has 0 aliphatic carbocycles. The number of hydrogen-bond donors (Lipinski definition) is 3. The molecule has 0 saturated heterocycles. The van der Waals surface area contributed by atoms with Gasteiger partial charge in [-0.05, 0) is 29.8 Å². The van der Waals surface area contributed by atoms with Gasteiger partial charge in [0.2, 0.25) is 0 Å². The predicted octanol–water partition coefficient (Wildman–Crippen LogP) is 1.91. The molecule has 0 unspecified atom stereocenters. The molecule has 20 heavy (non-hydrogen) atoms. The number of aromatic hydroxyl groups is 1. The number of nitrogens with two attached hydrogens (primary N) is 1. The van der Waals surface area contributed by atoms with Gasteiger partial charge in [0.15, 0.2) is 0 Å². The van der Waals surface area contributed by atoms with Crippen molar-refractivity contribution in [3.8, 4) is 11.5 Å². The highest BCUT2D eigenvalue weighted by atomic mass is 16.5. The third-order valence-electron chi connectivity index (χ3n) is 2.88. The smallest absolute Gasteiger partial charge is 0.255 e. The molecule has 0 spiro atoms. The summed E-state index contributed by atoms with van der Waals surface area (Å²) in [6, 6.07) is 11.8. The van der Waals surface area contributed by atoms with E-state index in [4.69, 9.17) is 10.5 Å². The van der Waals surface area contributed by atoms with Crippen LogP contribution >= 0.6 is 0 Å². The van der Waals surface area contributed by atoms with Crippen LogP contribution in [0.25, 0.3) is 0 Å². The molecule has 0 aliphatic heterocycles. The number of hydrogen-bond acceptors (Lipinski definition) is 4. The van der Waals surface area contributed by atoms with Crippen LogP contribution in [0.1, 0.15) is 15.9 Å². The third kappa shape index (κ3) is 3.20. The van der Waals surface area contributed by atoms with Crippen LogP contribution in [0.3, 0.4) is 0 Å². The molecule has 4 N–H and O–H groups in total. The molecule has 0 aromatic heterocycles. The molecule has 0 fully saturated rings. The van der Waals surface area contributed by atoms with Crippen molar-refractivity contribution in [2.45, 2.75) is 6.54 Å². The zero-order chi connectivity index (χ0) is 14.5. The number of carbonyl (C=O) groups excluding carboxylic acids is 1. The van der Waals surface area contributed by atoms with E-state index in [0.29, 0.717) is 18.0 Å². The molecule has 2 aromatic carbocycles. The Kier molecular flexibility index (Phi) is 4.10. The molecule has 0 heterocycles. The van der Waals surface area contributed by atoms with E-state index in [2.05, 4.69) is 5.32 Å². The fraction of sp³-hybridized carbons (Fsp3) is 0.133. The van der Waals surface area contributed by atoms with E-state index in [1.807, 2.05) is 12.1 Å². The predicted molar refractivity (Wildman–Crippen MR) is 76.7 cm³/mol. The van der Waals surface area contributed by atoms with Crippen LogP contribution in [0.4, 0.5) is 5.69 Å². The molecule has 5 nitrogen and oxygen atoms in total. The van der Waals surface area contributed by atoms with Crippen molar-refractivity contribution in [2.75, 3.05) is 12.8 Å². The SMILES string of the molecule is COc1ccc(C(=O)NCc2ccc(N)cc2)c(O)c1. The summed E-state index contributed by atoms with van der Waals surface area (Å²) in [6.07, 6.45) is 0. The molecule has 5 heteroatoms. The van der Waals surface area contributed by atoms with Crippen LogP contribution in [-0.4, -0.2) is 18.1 Å². The number of carbonyl (C=O) groups is 1. The van der Waals surface area contributed by atoms with Crippen molar-refractivity contribution in [1.29, 1.82) is 0 Å². The number of methoxy groups -OCH3 is 1. The molecule has 0 aliphatic rings. The first kappa shape index (κ1) is 13.7. The first-order valence-corrected chi connectivity index (χ1v) is 6.10. The molecular weight excluding hydrogens is 256 g/mol.